The lowest BCUT2D eigenvalue weighted by Gasteiger charge is -2.11. The van der Waals surface area contributed by atoms with E-state index in [1.54, 1.807) is 18.2 Å². The number of aromatic hydroxyl groups is 2. The Morgan fingerprint density at radius 2 is 1.80 bits per heavy atom. The smallest absolute Gasteiger partial charge is 0.338 e. The fourth-order valence-corrected chi connectivity index (χ4v) is 2.63. The number of phenols is 2. The number of carbonyl (C=O) groups excluding carboxylic acids is 1. The Balaban J connectivity index is 2.03. The Morgan fingerprint density at radius 3 is 2.44 bits per heavy atom. The molecule has 0 radical (unpaired) electrons. The summed E-state index contributed by atoms with van der Waals surface area (Å²) in [7, 11) is -2.77. The molecule has 2 N–H and O–H groups in total. The van der Waals surface area contributed by atoms with Gasteiger partial charge in [-0.05, 0) is 24.3 Å². The average molecular weight is 368 g/mol. The zero-order valence-corrected chi connectivity index (χ0v) is 14.0. The maximum absolute atomic E-state index is 11.9. The molecule has 8 nitrogen and oxygen atoms in total. The van der Waals surface area contributed by atoms with E-state index in [-0.39, 0.29) is 23.7 Å². The molecule has 9 heteroatoms. The van der Waals surface area contributed by atoms with Crippen LogP contribution >= 0.6 is 0 Å². The molecule has 134 valence electrons. The molecule has 0 saturated carbocycles. The van der Waals surface area contributed by atoms with Crippen LogP contribution in [0.3, 0.4) is 0 Å². The number of esters is 1. The first-order chi connectivity index (χ1) is 11.8. The van der Waals surface area contributed by atoms with E-state index < -0.39 is 33.3 Å². The molecule has 0 atom stereocenters. The molecule has 0 aliphatic heterocycles. The van der Waals surface area contributed by atoms with Gasteiger partial charge >= 0.3 is 16.1 Å². The van der Waals surface area contributed by atoms with Crippen LogP contribution in [0.5, 0.6) is 23.0 Å². The number of phenolic OH excluding ortho intramolecular Hbond substituents is 2. The number of benzene rings is 2. The van der Waals surface area contributed by atoms with Crippen molar-refractivity contribution in [1.82, 2.24) is 0 Å². The van der Waals surface area contributed by atoms with Crippen LogP contribution in [0, 0.1) is 0 Å². The molecule has 0 saturated heterocycles. The molecule has 0 aromatic heterocycles. The minimum atomic E-state index is -3.92. The predicted octanol–water partition coefficient (Wildman–Crippen LogP) is 1.67. The summed E-state index contributed by atoms with van der Waals surface area (Å²) in [5, 5.41) is 19.3. The molecule has 0 spiro atoms. The number of para-hydroxylation sites is 1. The second-order valence-electron chi connectivity index (χ2n) is 4.84. The number of ether oxygens (including phenoxy) is 2. The minimum absolute atomic E-state index is 0.0591. The molecule has 2 rings (SSSR count). The zero-order chi connectivity index (χ0) is 18.4. The third kappa shape index (κ3) is 5.01. The van der Waals surface area contributed by atoms with E-state index in [2.05, 4.69) is 4.74 Å². The quantitative estimate of drug-likeness (QED) is 0.430. The molecule has 25 heavy (non-hydrogen) atoms. The maximum Gasteiger partial charge on any atom is 0.338 e. The third-order valence-electron chi connectivity index (χ3n) is 3.03. The highest BCUT2D eigenvalue weighted by Gasteiger charge is 2.18. The normalized spacial score (nSPS) is 10.9. The van der Waals surface area contributed by atoms with Crippen LogP contribution in [0.25, 0.3) is 0 Å². The molecule has 0 unspecified atom stereocenters. The van der Waals surface area contributed by atoms with Crippen LogP contribution in [-0.2, 0) is 14.9 Å². The standard InChI is InChI=1S/C16H16O8S/c1-22-16(19)11-9-13(17)15(18)14(10-11)23-7-8-25(20,21)24-12-5-3-2-4-6-12/h2-6,9-10,17-18H,7-8H2,1H3. The van der Waals surface area contributed by atoms with Crippen molar-refractivity contribution in [2.45, 2.75) is 0 Å². The van der Waals surface area contributed by atoms with Crippen LogP contribution in [0.4, 0.5) is 0 Å². The fraction of sp³-hybridized carbons (Fsp3) is 0.188. The van der Waals surface area contributed by atoms with E-state index in [9.17, 15) is 23.4 Å². The fourth-order valence-electron chi connectivity index (χ4n) is 1.86. The van der Waals surface area contributed by atoms with Crippen molar-refractivity contribution >= 4 is 16.1 Å². The van der Waals surface area contributed by atoms with E-state index in [1.807, 2.05) is 0 Å². The van der Waals surface area contributed by atoms with Gasteiger partial charge in [0.1, 0.15) is 18.1 Å². The highest BCUT2D eigenvalue weighted by molar-refractivity contribution is 7.87. The van der Waals surface area contributed by atoms with Crippen molar-refractivity contribution in [3.05, 3.63) is 48.0 Å². The lowest BCUT2D eigenvalue weighted by molar-refractivity contribution is 0.0599. The first kappa shape index (κ1) is 18.4. The van der Waals surface area contributed by atoms with Crippen molar-refractivity contribution in [2.75, 3.05) is 19.5 Å². The van der Waals surface area contributed by atoms with Gasteiger partial charge < -0.3 is 23.9 Å². The van der Waals surface area contributed by atoms with E-state index in [1.165, 1.54) is 12.1 Å². The van der Waals surface area contributed by atoms with Gasteiger partial charge in [0.05, 0.1) is 12.7 Å². The molecule has 0 aliphatic carbocycles. The summed E-state index contributed by atoms with van der Waals surface area (Å²) in [5.74, 6) is -2.56. The van der Waals surface area contributed by atoms with Gasteiger partial charge in [0.15, 0.2) is 11.5 Å². The largest absolute Gasteiger partial charge is 0.504 e. The average Bonchev–Trinajstić information content (AvgIpc) is 2.58. The number of carbonyl (C=O) groups is 1. The van der Waals surface area contributed by atoms with Crippen LogP contribution in [0.1, 0.15) is 10.4 Å². The highest BCUT2D eigenvalue weighted by Crippen LogP contribution is 2.36. The number of methoxy groups -OCH3 is 1. The van der Waals surface area contributed by atoms with E-state index in [0.29, 0.717) is 0 Å². The Kier molecular flexibility index (Phi) is 5.71. The Bertz CT molecular complexity index is 846. The summed E-state index contributed by atoms with van der Waals surface area (Å²) in [4.78, 5) is 11.5. The van der Waals surface area contributed by atoms with Gasteiger partial charge in [-0.15, -0.1) is 0 Å². The van der Waals surface area contributed by atoms with E-state index in [4.69, 9.17) is 8.92 Å². The summed E-state index contributed by atoms with van der Waals surface area (Å²) >= 11 is 0. The van der Waals surface area contributed by atoms with Crippen molar-refractivity contribution in [3.8, 4) is 23.0 Å². The number of hydrogen-bond donors (Lipinski definition) is 2. The summed E-state index contributed by atoms with van der Waals surface area (Å²) in [6.07, 6.45) is 0. The van der Waals surface area contributed by atoms with Crippen LogP contribution in [0.15, 0.2) is 42.5 Å². The van der Waals surface area contributed by atoms with Crippen LogP contribution in [-0.4, -0.2) is 44.1 Å². The van der Waals surface area contributed by atoms with Gasteiger partial charge in [-0.1, -0.05) is 18.2 Å². The molecule has 0 heterocycles. The first-order valence-electron chi connectivity index (χ1n) is 7.06. The second kappa shape index (κ2) is 7.75. The van der Waals surface area contributed by atoms with Crippen molar-refractivity contribution in [3.63, 3.8) is 0 Å². The lowest BCUT2D eigenvalue weighted by atomic mass is 10.2. The molecule has 2 aromatic rings. The predicted molar refractivity (Wildman–Crippen MR) is 87.5 cm³/mol. The van der Waals surface area contributed by atoms with Crippen LogP contribution in [0.2, 0.25) is 0 Å². The monoisotopic (exact) mass is 368 g/mol. The molecule has 2 aromatic carbocycles. The van der Waals surface area contributed by atoms with Crippen molar-refractivity contribution in [1.29, 1.82) is 0 Å². The third-order valence-corrected chi connectivity index (χ3v) is 4.15. The van der Waals surface area contributed by atoms with Gasteiger partial charge in [0, 0.05) is 0 Å². The van der Waals surface area contributed by atoms with Gasteiger partial charge in [-0.25, -0.2) is 4.79 Å². The van der Waals surface area contributed by atoms with Crippen LogP contribution < -0.4 is 8.92 Å². The number of rotatable bonds is 7. The topological polar surface area (TPSA) is 119 Å². The molecule has 0 bridgehead atoms. The van der Waals surface area contributed by atoms with E-state index >= 15 is 0 Å². The molecular weight excluding hydrogens is 352 g/mol. The molecule has 0 fully saturated rings. The number of hydrogen-bond acceptors (Lipinski definition) is 8. The van der Waals surface area contributed by atoms with E-state index in [0.717, 1.165) is 19.2 Å². The van der Waals surface area contributed by atoms with Gasteiger partial charge in [0.2, 0.25) is 5.75 Å². The second-order valence-corrected chi connectivity index (χ2v) is 6.53. The lowest BCUT2D eigenvalue weighted by Crippen LogP contribution is -2.19. The van der Waals surface area contributed by atoms with Crippen molar-refractivity contribution in [2.24, 2.45) is 0 Å². The zero-order valence-electron chi connectivity index (χ0n) is 13.2. The highest BCUT2D eigenvalue weighted by atomic mass is 32.2. The first-order valence-corrected chi connectivity index (χ1v) is 8.64. The summed E-state index contributed by atoms with van der Waals surface area (Å²) in [5.41, 5.74) is -0.0591. The Labute approximate surface area is 144 Å². The summed E-state index contributed by atoms with van der Waals surface area (Å²) < 4.78 is 38.3. The minimum Gasteiger partial charge on any atom is -0.504 e. The van der Waals surface area contributed by atoms with Gasteiger partial charge in [-0.3, -0.25) is 0 Å². The molecular formula is C16H16O8S. The Morgan fingerprint density at radius 1 is 1.12 bits per heavy atom. The summed E-state index contributed by atoms with van der Waals surface area (Å²) in [6, 6.07) is 10.1. The maximum atomic E-state index is 11.9. The molecule has 0 aliphatic rings. The SMILES string of the molecule is COC(=O)c1cc(O)c(O)c(OCCS(=O)(=O)Oc2ccccc2)c1. The summed E-state index contributed by atoms with van der Waals surface area (Å²) in [6.45, 7) is -0.368. The van der Waals surface area contributed by atoms with Crippen molar-refractivity contribution < 1.29 is 37.1 Å². The van der Waals surface area contributed by atoms with Gasteiger partial charge in [0.25, 0.3) is 0 Å². The molecule has 0 amide bonds. The Hall–Kier alpha value is -2.94. The van der Waals surface area contributed by atoms with Gasteiger partial charge in [-0.2, -0.15) is 8.42 Å².